The second-order valence-electron chi connectivity index (χ2n) is 8.75. The number of carbonyl (C=O) groups is 4. The van der Waals surface area contributed by atoms with E-state index >= 15 is 0 Å². The van der Waals surface area contributed by atoms with Crippen LogP contribution in [0.4, 0.5) is 5.69 Å². The number of rotatable bonds is 7. The van der Waals surface area contributed by atoms with Crippen molar-refractivity contribution in [1.29, 1.82) is 0 Å². The third-order valence-corrected chi connectivity index (χ3v) is 6.16. The molecule has 9 nitrogen and oxygen atoms in total. The van der Waals surface area contributed by atoms with E-state index in [9.17, 15) is 19.2 Å². The number of esters is 1. The van der Waals surface area contributed by atoms with E-state index in [0.29, 0.717) is 22.9 Å². The highest BCUT2D eigenvalue weighted by Crippen LogP contribution is 2.34. The van der Waals surface area contributed by atoms with Crippen molar-refractivity contribution in [2.45, 2.75) is 32.4 Å². The average Bonchev–Trinajstić information content (AvgIpc) is 3.46. The number of benzene rings is 3. The highest BCUT2D eigenvalue weighted by atomic mass is 16.7. The van der Waals surface area contributed by atoms with Crippen molar-refractivity contribution in [3.8, 4) is 17.2 Å². The molecule has 0 aliphatic carbocycles. The SMILES string of the molecule is CC(=O)Oc1ccc(N2C(=O)CC(N(Cc3ccc4c(c3)OCO4)C(=O)Cc3ccccc3)C2=O)cc1. The van der Waals surface area contributed by atoms with Crippen LogP contribution in [0.1, 0.15) is 24.5 Å². The zero-order valence-corrected chi connectivity index (χ0v) is 20.1. The van der Waals surface area contributed by atoms with Crippen molar-refractivity contribution in [3.63, 3.8) is 0 Å². The number of carbonyl (C=O) groups excluding carboxylic acids is 4. The largest absolute Gasteiger partial charge is 0.454 e. The Bertz CT molecular complexity index is 1350. The quantitative estimate of drug-likeness (QED) is 0.279. The molecule has 2 heterocycles. The summed E-state index contributed by atoms with van der Waals surface area (Å²) in [5, 5.41) is 0. The third-order valence-electron chi connectivity index (χ3n) is 6.16. The van der Waals surface area contributed by atoms with Crippen LogP contribution < -0.4 is 19.1 Å². The van der Waals surface area contributed by atoms with E-state index in [4.69, 9.17) is 14.2 Å². The van der Waals surface area contributed by atoms with Gasteiger partial charge in [0.2, 0.25) is 18.6 Å². The summed E-state index contributed by atoms with van der Waals surface area (Å²) in [5.41, 5.74) is 1.89. The minimum absolute atomic E-state index is 0.0838. The summed E-state index contributed by atoms with van der Waals surface area (Å²) in [6.07, 6.45) is -0.0595. The highest BCUT2D eigenvalue weighted by Gasteiger charge is 2.44. The molecular formula is C28H24N2O7. The second kappa shape index (κ2) is 10.1. The van der Waals surface area contributed by atoms with E-state index in [1.165, 1.54) is 36.1 Å². The molecule has 0 aromatic heterocycles. The summed E-state index contributed by atoms with van der Waals surface area (Å²) in [5.74, 6) is -0.183. The van der Waals surface area contributed by atoms with Crippen molar-refractivity contribution in [1.82, 2.24) is 4.90 Å². The van der Waals surface area contributed by atoms with Crippen LogP contribution >= 0.6 is 0 Å². The molecular weight excluding hydrogens is 476 g/mol. The van der Waals surface area contributed by atoms with Gasteiger partial charge in [-0.05, 0) is 47.5 Å². The summed E-state index contributed by atoms with van der Waals surface area (Å²) < 4.78 is 15.9. The van der Waals surface area contributed by atoms with Gasteiger partial charge in [0.05, 0.1) is 18.5 Å². The molecule has 3 amide bonds. The number of fused-ring (bicyclic) bond motifs is 1. The number of nitrogens with zero attached hydrogens (tertiary/aromatic N) is 2. The van der Waals surface area contributed by atoms with Gasteiger partial charge in [-0.3, -0.25) is 19.2 Å². The lowest BCUT2D eigenvalue weighted by atomic mass is 10.1. The molecule has 3 aromatic carbocycles. The molecule has 188 valence electrons. The number of ether oxygens (including phenoxy) is 3. The van der Waals surface area contributed by atoms with E-state index in [1.54, 1.807) is 12.1 Å². The van der Waals surface area contributed by atoms with Crippen molar-refractivity contribution in [2.24, 2.45) is 0 Å². The molecule has 2 aliphatic rings. The lowest BCUT2D eigenvalue weighted by molar-refractivity contribution is -0.138. The second-order valence-corrected chi connectivity index (χ2v) is 8.75. The van der Waals surface area contributed by atoms with Gasteiger partial charge in [-0.2, -0.15) is 0 Å². The average molecular weight is 501 g/mol. The lowest BCUT2D eigenvalue weighted by Crippen LogP contribution is -2.45. The van der Waals surface area contributed by atoms with Crippen LogP contribution in [0.25, 0.3) is 0 Å². The van der Waals surface area contributed by atoms with Crippen molar-refractivity contribution >= 4 is 29.4 Å². The van der Waals surface area contributed by atoms with Gasteiger partial charge in [0, 0.05) is 13.5 Å². The monoisotopic (exact) mass is 500 g/mol. The Labute approximate surface area is 213 Å². The van der Waals surface area contributed by atoms with Gasteiger partial charge in [0.1, 0.15) is 11.8 Å². The normalized spacial score (nSPS) is 16.1. The van der Waals surface area contributed by atoms with Crippen LogP contribution in [0.3, 0.4) is 0 Å². The number of amides is 3. The molecule has 3 aromatic rings. The number of anilines is 1. The summed E-state index contributed by atoms with van der Waals surface area (Å²) >= 11 is 0. The summed E-state index contributed by atoms with van der Waals surface area (Å²) in [6.45, 7) is 1.52. The van der Waals surface area contributed by atoms with Gasteiger partial charge in [-0.1, -0.05) is 36.4 Å². The Morgan fingerprint density at radius 2 is 1.68 bits per heavy atom. The van der Waals surface area contributed by atoms with Gasteiger partial charge >= 0.3 is 5.97 Å². The fourth-order valence-electron chi connectivity index (χ4n) is 4.44. The van der Waals surface area contributed by atoms with Gasteiger partial charge in [0.15, 0.2) is 11.5 Å². The molecule has 0 N–H and O–H groups in total. The predicted molar refractivity (Wildman–Crippen MR) is 132 cm³/mol. The first kappa shape index (κ1) is 24.1. The topological polar surface area (TPSA) is 102 Å². The van der Waals surface area contributed by atoms with Crippen molar-refractivity contribution in [3.05, 3.63) is 83.9 Å². The molecule has 0 bridgehead atoms. The zero-order chi connectivity index (χ0) is 25.9. The summed E-state index contributed by atoms with van der Waals surface area (Å²) in [4.78, 5) is 53.8. The molecule has 1 atom stereocenters. The van der Waals surface area contributed by atoms with Crippen LogP contribution in [0, 0.1) is 0 Å². The minimum atomic E-state index is -0.970. The van der Waals surface area contributed by atoms with Gasteiger partial charge in [0.25, 0.3) is 5.91 Å². The van der Waals surface area contributed by atoms with E-state index < -0.39 is 23.8 Å². The molecule has 0 saturated carbocycles. The zero-order valence-electron chi connectivity index (χ0n) is 20.1. The molecule has 5 rings (SSSR count). The molecule has 1 saturated heterocycles. The molecule has 0 radical (unpaired) electrons. The first-order valence-corrected chi connectivity index (χ1v) is 11.8. The standard InChI is InChI=1S/C28H24N2O7/c1-18(31)37-22-10-8-21(9-11-22)30-27(33)15-23(28(30)34)29(26(32)14-19-5-3-2-4-6-19)16-20-7-12-24-25(13-20)36-17-35-24/h2-13,23H,14-17H2,1H3. The van der Waals surface area contributed by atoms with Crippen molar-refractivity contribution in [2.75, 3.05) is 11.7 Å². The fourth-order valence-corrected chi connectivity index (χ4v) is 4.44. The van der Waals surface area contributed by atoms with Gasteiger partial charge in [-0.25, -0.2) is 4.90 Å². The molecule has 1 fully saturated rings. The summed E-state index contributed by atoms with van der Waals surface area (Å²) in [7, 11) is 0. The van der Waals surface area contributed by atoms with Crippen LogP contribution in [-0.2, 0) is 32.1 Å². The van der Waals surface area contributed by atoms with E-state index in [2.05, 4.69) is 0 Å². The fraction of sp³-hybridized carbons (Fsp3) is 0.214. The van der Waals surface area contributed by atoms with Crippen LogP contribution in [0.2, 0.25) is 0 Å². The van der Waals surface area contributed by atoms with Crippen LogP contribution in [0.15, 0.2) is 72.8 Å². The molecule has 9 heteroatoms. The first-order valence-electron chi connectivity index (χ1n) is 11.8. The number of hydrogen-bond donors (Lipinski definition) is 0. The lowest BCUT2D eigenvalue weighted by Gasteiger charge is -2.28. The Morgan fingerprint density at radius 1 is 0.946 bits per heavy atom. The Hall–Kier alpha value is -4.66. The first-order chi connectivity index (χ1) is 17.9. The molecule has 0 spiro atoms. The van der Waals surface area contributed by atoms with Crippen molar-refractivity contribution < 1.29 is 33.4 Å². The third kappa shape index (κ3) is 5.16. The van der Waals surface area contributed by atoms with Crippen LogP contribution in [0.5, 0.6) is 17.2 Å². The van der Waals surface area contributed by atoms with Gasteiger partial charge < -0.3 is 19.1 Å². The van der Waals surface area contributed by atoms with E-state index in [-0.39, 0.29) is 32.1 Å². The Kier molecular flexibility index (Phi) is 6.59. The maximum atomic E-state index is 13.5. The molecule has 37 heavy (non-hydrogen) atoms. The van der Waals surface area contributed by atoms with E-state index in [1.807, 2.05) is 36.4 Å². The maximum Gasteiger partial charge on any atom is 0.308 e. The summed E-state index contributed by atoms with van der Waals surface area (Å²) in [6, 6.07) is 19.7. The Morgan fingerprint density at radius 3 is 2.41 bits per heavy atom. The molecule has 2 aliphatic heterocycles. The number of hydrogen-bond acceptors (Lipinski definition) is 7. The van der Waals surface area contributed by atoms with E-state index in [0.717, 1.165) is 16.0 Å². The molecule has 1 unspecified atom stereocenters. The van der Waals surface area contributed by atoms with Gasteiger partial charge in [-0.15, -0.1) is 0 Å². The number of imide groups is 1. The maximum absolute atomic E-state index is 13.5. The minimum Gasteiger partial charge on any atom is -0.454 e. The smallest absolute Gasteiger partial charge is 0.308 e. The van der Waals surface area contributed by atoms with Crippen LogP contribution in [-0.4, -0.2) is 41.4 Å². The highest BCUT2D eigenvalue weighted by molar-refractivity contribution is 6.23. The Balaban J connectivity index is 1.41. The predicted octanol–water partition coefficient (Wildman–Crippen LogP) is 3.24.